The summed E-state index contributed by atoms with van der Waals surface area (Å²) in [5.74, 6) is 0.379. The molecule has 1 amide bonds. The van der Waals surface area contributed by atoms with Crippen LogP contribution < -0.4 is 5.32 Å². The van der Waals surface area contributed by atoms with Gasteiger partial charge in [-0.3, -0.25) is 4.79 Å². The summed E-state index contributed by atoms with van der Waals surface area (Å²) >= 11 is 0. The standard InChI is InChI=1S/C14H23F3N2O2/c15-14(16,17)10-21-7-5-13(20)19(12-3-4-12)9-11-2-1-6-18-8-11/h11-12,18H,1-10H2. The molecule has 21 heavy (non-hydrogen) atoms. The zero-order valence-electron chi connectivity index (χ0n) is 12.1. The molecule has 1 aliphatic carbocycles. The van der Waals surface area contributed by atoms with Crippen molar-refractivity contribution in [3.05, 3.63) is 0 Å². The molecule has 0 bridgehead atoms. The number of amides is 1. The van der Waals surface area contributed by atoms with E-state index < -0.39 is 12.8 Å². The molecule has 0 aromatic carbocycles. The van der Waals surface area contributed by atoms with Crippen molar-refractivity contribution in [2.75, 3.05) is 32.8 Å². The molecule has 4 nitrogen and oxygen atoms in total. The Kier molecular flexibility index (Phi) is 5.87. The van der Waals surface area contributed by atoms with Gasteiger partial charge in [0.25, 0.3) is 0 Å². The summed E-state index contributed by atoms with van der Waals surface area (Å²) in [5, 5.41) is 3.32. The van der Waals surface area contributed by atoms with E-state index >= 15 is 0 Å². The van der Waals surface area contributed by atoms with Crippen molar-refractivity contribution in [2.24, 2.45) is 5.92 Å². The van der Waals surface area contributed by atoms with Gasteiger partial charge < -0.3 is 15.0 Å². The molecule has 1 N–H and O–H groups in total. The smallest absolute Gasteiger partial charge is 0.372 e. The molecule has 122 valence electrons. The molecule has 1 unspecified atom stereocenters. The summed E-state index contributed by atoms with van der Waals surface area (Å²) < 4.78 is 40.4. The van der Waals surface area contributed by atoms with Crippen LogP contribution in [-0.2, 0) is 9.53 Å². The molecule has 1 saturated carbocycles. The highest BCUT2D eigenvalue weighted by Crippen LogP contribution is 2.29. The molecule has 0 aromatic heterocycles. The number of halogens is 3. The fourth-order valence-electron chi connectivity index (χ4n) is 2.69. The van der Waals surface area contributed by atoms with Gasteiger partial charge in [-0.2, -0.15) is 13.2 Å². The lowest BCUT2D eigenvalue weighted by atomic mass is 9.99. The van der Waals surface area contributed by atoms with Gasteiger partial charge in [-0.05, 0) is 44.7 Å². The van der Waals surface area contributed by atoms with Gasteiger partial charge in [0.15, 0.2) is 0 Å². The lowest BCUT2D eigenvalue weighted by molar-refractivity contribution is -0.175. The SMILES string of the molecule is O=C(CCOCC(F)(F)F)N(CC1CCCNC1)C1CC1. The number of hydrogen-bond donors (Lipinski definition) is 1. The largest absolute Gasteiger partial charge is 0.411 e. The molecule has 0 spiro atoms. The molecule has 0 aromatic rings. The molecule has 1 heterocycles. The Bertz CT molecular complexity index is 340. The van der Waals surface area contributed by atoms with Crippen molar-refractivity contribution in [2.45, 2.75) is 44.3 Å². The van der Waals surface area contributed by atoms with E-state index in [1.807, 2.05) is 4.90 Å². The Balaban J connectivity index is 1.71. The van der Waals surface area contributed by atoms with Gasteiger partial charge in [0.2, 0.25) is 5.91 Å². The highest BCUT2D eigenvalue weighted by Gasteiger charge is 2.34. The minimum absolute atomic E-state index is 0.0345. The Morgan fingerprint density at radius 1 is 1.29 bits per heavy atom. The van der Waals surface area contributed by atoms with Gasteiger partial charge in [-0.25, -0.2) is 0 Å². The van der Waals surface area contributed by atoms with Gasteiger partial charge in [-0.15, -0.1) is 0 Å². The number of carbonyl (C=O) groups excluding carboxylic acids is 1. The number of rotatable bonds is 7. The zero-order chi connectivity index (χ0) is 15.3. The Morgan fingerprint density at radius 3 is 2.62 bits per heavy atom. The van der Waals surface area contributed by atoms with Crippen LogP contribution in [0.5, 0.6) is 0 Å². The fourth-order valence-corrected chi connectivity index (χ4v) is 2.69. The monoisotopic (exact) mass is 308 g/mol. The maximum atomic E-state index is 12.2. The number of ether oxygens (including phenoxy) is 1. The van der Waals surface area contributed by atoms with Gasteiger partial charge in [0, 0.05) is 12.6 Å². The number of nitrogens with one attached hydrogen (secondary N) is 1. The topological polar surface area (TPSA) is 41.6 Å². The van der Waals surface area contributed by atoms with Crippen LogP contribution in [0.2, 0.25) is 0 Å². The molecular weight excluding hydrogens is 285 g/mol. The predicted octanol–water partition coefficient (Wildman–Crippen LogP) is 1.95. The van der Waals surface area contributed by atoms with Crippen LogP contribution in [0.3, 0.4) is 0 Å². The van der Waals surface area contributed by atoms with Crippen molar-refractivity contribution in [1.29, 1.82) is 0 Å². The molecule has 0 radical (unpaired) electrons. The maximum absolute atomic E-state index is 12.2. The Morgan fingerprint density at radius 2 is 2.05 bits per heavy atom. The van der Waals surface area contributed by atoms with Gasteiger partial charge in [0.05, 0.1) is 13.0 Å². The number of nitrogens with zero attached hydrogens (tertiary/aromatic N) is 1. The van der Waals surface area contributed by atoms with E-state index in [-0.39, 0.29) is 18.9 Å². The summed E-state index contributed by atoms with van der Waals surface area (Å²) in [7, 11) is 0. The minimum Gasteiger partial charge on any atom is -0.372 e. The van der Waals surface area contributed by atoms with Crippen LogP contribution in [0.25, 0.3) is 0 Å². The van der Waals surface area contributed by atoms with E-state index in [4.69, 9.17) is 0 Å². The normalized spacial score (nSPS) is 23.1. The third kappa shape index (κ3) is 6.22. The maximum Gasteiger partial charge on any atom is 0.411 e. The van der Waals surface area contributed by atoms with Crippen LogP contribution >= 0.6 is 0 Å². The van der Waals surface area contributed by atoms with Crippen LogP contribution in [0.15, 0.2) is 0 Å². The highest BCUT2D eigenvalue weighted by molar-refractivity contribution is 5.77. The van der Waals surface area contributed by atoms with E-state index in [0.29, 0.717) is 12.0 Å². The summed E-state index contributed by atoms with van der Waals surface area (Å²) in [4.78, 5) is 14.0. The van der Waals surface area contributed by atoms with Gasteiger partial charge >= 0.3 is 6.18 Å². The molecule has 7 heteroatoms. The third-order valence-corrected chi connectivity index (χ3v) is 3.89. The average Bonchev–Trinajstić information content (AvgIpc) is 3.25. The molecule has 2 aliphatic rings. The summed E-state index contributed by atoms with van der Waals surface area (Å²) in [6.07, 6.45) is -0.0511. The Hall–Kier alpha value is -0.820. The lowest BCUT2D eigenvalue weighted by Gasteiger charge is -2.30. The van der Waals surface area contributed by atoms with Crippen molar-refractivity contribution < 1.29 is 22.7 Å². The van der Waals surface area contributed by atoms with Gasteiger partial charge in [0.1, 0.15) is 6.61 Å². The number of hydrogen-bond acceptors (Lipinski definition) is 3. The van der Waals surface area contributed by atoms with Crippen molar-refractivity contribution in [3.8, 4) is 0 Å². The van der Waals surface area contributed by atoms with E-state index in [9.17, 15) is 18.0 Å². The zero-order valence-corrected chi connectivity index (χ0v) is 12.1. The Labute approximate surface area is 123 Å². The highest BCUT2D eigenvalue weighted by atomic mass is 19.4. The second-order valence-corrected chi connectivity index (χ2v) is 5.91. The van der Waals surface area contributed by atoms with E-state index in [1.54, 1.807) is 0 Å². The summed E-state index contributed by atoms with van der Waals surface area (Å²) in [6.45, 7) is 1.22. The predicted molar refractivity (Wildman–Crippen MR) is 71.8 cm³/mol. The molecule has 1 saturated heterocycles. The second-order valence-electron chi connectivity index (χ2n) is 5.91. The van der Waals surface area contributed by atoms with E-state index in [0.717, 1.165) is 45.3 Å². The van der Waals surface area contributed by atoms with Crippen LogP contribution in [0.4, 0.5) is 13.2 Å². The molecule has 2 fully saturated rings. The van der Waals surface area contributed by atoms with Gasteiger partial charge in [-0.1, -0.05) is 0 Å². The first-order chi connectivity index (χ1) is 9.96. The summed E-state index contributed by atoms with van der Waals surface area (Å²) in [6, 6.07) is 0.294. The minimum atomic E-state index is -4.33. The quantitative estimate of drug-likeness (QED) is 0.731. The number of piperidine rings is 1. The fraction of sp³-hybridized carbons (Fsp3) is 0.929. The van der Waals surface area contributed by atoms with Crippen LogP contribution in [-0.4, -0.2) is 55.9 Å². The van der Waals surface area contributed by atoms with Crippen LogP contribution in [0.1, 0.15) is 32.1 Å². The van der Waals surface area contributed by atoms with Crippen LogP contribution in [0, 0.1) is 5.92 Å². The van der Waals surface area contributed by atoms with E-state index in [2.05, 4.69) is 10.1 Å². The van der Waals surface area contributed by atoms with E-state index in [1.165, 1.54) is 0 Å². The summed E-state index contributed by atoms with van der Waals surface area (Å²) in [5.41, 5.74) is 0. The third-order valence-electron chi connectivity index (χ3n) is 3.89. The van der Waals surface area contributed by atoms with Crippen molar-refractivity contribution in [3.63, 3.8) is 0 Å². The molecule has 1 aliphatic heterocycles. The van der Waals surface area contributed by atoms with Crippen molar-refractivity contribution in [1.82, 2.24) is 10.2 Å². The van der Waals surface area contributed by atoms with Crippen molar-refractivity contribution >= 4 is 5.91 Å². The molecule has 2 rings (SSSR count). The number of alkyl halides is 3. The molecular formula is C14H23F3N2O2. The average molecular weight is 308 g/mol. The second kappa shape index (κ2) is 7.45. The lowest BCUT2D eigenvalue weighted by Crippen LogP contribution is -2.42. The first-order valence-corrected chi connectivity index (χ1v) is 7.60. The first kappa shape index (κ1) is 16.5. The molecule has 1 atom stereocenters. The number of carbonyl (C=O) groups is 1. The first-order valence-electron chi connectivity index (χ1n) is 7.60.